The van der Waals surface area contributed by atoms with Crippen molar-refractivity contribution in [3.8, 4) is 0 Å². The van der Waals surface area contributed by atoms with E-state index < -0.39 is 0 Å². The summed E-state index contributed by atoms with van der Waals surface area (Å²) in [6.07, 6.45) is 0. The summed E-state index contributed by atoms with van der Waals surface area (Å²) in [4.78, 5) is 29.0. The van der Waals surface area contributed by atoms with Crippen LogP contribution >= 0.6 is 23.1 Å². The lowest BCUT2D eigenvalue weighted by molar-refractivity contribution is -0.118. The fraction of sp³-hybridized carbons (Fsp3) is 0.250. The van der Waals surface area contributed by atoms with Gasteiger partial charge in [-0.2, -0.15) is 0 Å². The average molecular weight is 385 g/mol. The van der Waals surface area contributed by atoms with Crippen LogP contribution in [0.5, 0.6) is 0 Å². The first-order valence-electron chi connectivity index (χ1n) is 8.30. The summed E-state index contributed by atoms with van der Waals surface area (Å²) in [5, 5.41) is 2.72. The van der Waals surface area contributed by atoms with Gasteiger partial charge in [-0.15, -0.1) is 11.3 Å². The first-order valence-corrected chi connectivity index (χ1v) is 10.1. The third kappa shape index (κ3) is 4.31. The number of benzene rings is 2. The van der Waals surface area contributed by atoms with Crippen LogP contribution in [0, 0.1) is 20.8 Å². The lowest BCUT2D eigenvalue weighted by Gasteiger charge is -2.11. The molecule has 134 valence electrons. The Morgan fingerprint density at radius 3 is 2.50 bits per heavy atom. The molecule has 0 aliphatic carbocycles. The summed E-state index contributed by atoms with van der Waals surface area (Å²) < 4.78 is 1.97. The molecule has 4 nitrogen and oxygen atoms in total. The number of aromatic nitrogens is 1. The third-order valence-electron chi connectivity index (χ3n) is 4.00. The first-order chi connectivity index (χ1) is 12.4. The van der Waals surface area contributed by atoms with Gasteiger partial charge >= 0.3 is 0 Å². The number of hydrogen-bond acceptors (Lipinski definition) is 5. The van der Waals surface area contributed by atoms with Crippen molar-refractivity contribution in [2.24, 2.45) is 0 Å². The fourth-order valence-electron chi connectivity index (χ4n) is 2.98. The molecule has 0 spiro atoms. The van der Waals surface area contributed by atoms with Crippen molar-refractivity contribution >= 4 is 45.0 Å². The molecule has 3 aromatic rings. The number of carbonyl (C=O) groups is 2. The molecule has 0 aliphatic rings. The average Bonchev–Trinajstić information content (AvgIpc) is 3.00. The van der Waals surface area contributed by atoms with Gasteiger partial charge in [0.1, 0.15) is 0 Å². The molecule has 0 unspecified atom stereocenters. The van der Waals surface area contributed by atoms with E-state index in [1.165, 1.54) is 11.8 Å². The minimum Gasteiger partial charge on any atom is -0.348 e. The van der Waals surface area contributed by atoms with Crippen LogP contribution in [0.1, 0.15) is 27.0 Å². The number of thiazole rings is 1. The SMILES string of the molecule is Cc1cc(C)c(C(=O)CNC(=O)CSc2nc3ccccc3s2)c(C)c1. The Morgan fingerprint density at radius 1 is 1.12 bits per heavy atom. The highest BCUT2D eigenvalue weighted by Gasteiger charge is 2.14. The molecule has 1 aromatic heterocycles. The van der Waals surface area contributed by atoms with Crippen LogP contribution in [0.15, 0.2) is 40.7 Å². The van der Waals surface area contributed by atoms with Crippen LogP contribution in [-0.2, 0) is 4.79 Å². The number of amides is 1. The van der Waals surface area contributed by atoms with Gasteiger partial charge in [-0.05, 0) is 44.0 Å². The number of fused-ring (bicyclic) bond motifs is 1. The molecule has 26 heavy (non-hydrogen) atoms. The number of ketones is 1. The Bertz CT molecular complexity index is 923. The third-order valence-corrected chi connectivity index (χ3v) is 6.18. The zero-order chi connectivity index (χ0) is 18.7. The Hall–Kier alpha value is -2.18. The number of hydrogen-bond donors (Lipinski definition) is 1. The zero-order valence-electron chi connectivity index (χ0n) is 15.0. The van der Waals surface area contributed by atoms with Crippen molar-refractivity contribution in [1.82, 2.24) is 10.3 Å². The summed E-state index contributed by atoms with van der Waals surface area (Å²) >= 11 is 2.96. The van der Waals surface area contributed by atoms with Gasteiger partial charge in [0.2, 0.25) is 5.91 Å². The van der Waals surface area contributed by atoms with Crippen molar-refractivity contribution < 1.29 is 9.59 Å². The topological polar surface area (TPSA) is 59.1 Å². The van der Waals surface area contributed by atoms with Crippen molar-refractivity contribution in [2.45, 2.75) is 25.1 Å². The van der Waals surface area contributed by atoms with Crippen molar-refractivity contribution in [3.63, 3.8) is 0 Å². The molecular weight excluding hydrogens is 364 g/mol. The van der Waals surface area contributed by atoms with Crippen molar-refractivity contribution in [2.75, 3.05) is 12.3 Å². The number of thioether (sulfide) groups is 1. The molecule has 0 saturated heterocycles. The summed E-state index contributed by atoms with van der Waals surface area (Å²) in [7, 11) is 0. The number of carbonyl (C=O) groups excluding carboxylic acids is 2. The summed E-state index contributed by atoms with van der Waals surface area (Å²) in [6, 6.07) is 11.9. The van der Waals surface area contributed by atoms with E-state index in [1.54, 1.807) is 11.3 Å². The van der Waals surface area contributed by atoms with E-state index >= 15 is 0 Å². The number of para-hydroxylation sites is 1. The predicted octanol–water partition coefficient (Wildman–Crippen LogP) is 4.31. The van der Waals surface area contributed by atoms with E-state index in [9.17, 15) is 9.59 Å². The number of nitrogens with one attached hydrogen (secondary N) is 1. The van der Waals surface area contributed by atoms with Crippen LogP contribution in [-0.4, -0.2) is 29.0 Å². The molecule has 0 atom stereocenters. The fourth-order valence-corrected chi connectivity index (χ4v) is 4.88. The predicted molar refractivity (Wildman–Crippen MR) is 108 cm³/mol. The Labute approximate surface area is 161 Å². The largest absolute Gasteiger partial charge is 0.348 e. The van der Waals surface area contributed by atoms with Crippen LogP contribution in [0.25, 0.3) is 10.2 Å². The minimum atomic E-state index is -0.162. The van der Waals surface area contributed by atoms with Gasteiger partial charge in [0.05, 0.1) is 22.5 Å². The molecule has 0 saturated carbocycles. The Kier molecular flexibility index (Phi) is 5.74. The van der Waals surface area contributed by atoms with Gasteiger partial charge in [0, 0.05) is 5.56 Å². The van der Waals surface area contributed by atoms with Crippen LogP contribution < -0.4 is 5.32 Å². The highest BCUT2D eigenvalue weighted by Crippen LogP contribution is 2.29. The Balaban J connectivity index is 1.54. The maximum atomic E-state index is 12.5. The van der Waals surface area contributed by atoms with E-state index in [-0.39, 0.29) is 24.0 Å². The molecule has 1 heterocycles. The molecular formula is C20H20N2O2S2. The summed E-state index contributed by atoms with van der Waals surface area (Å²) in [5.41, 5.74) is 4.68. The van der Waals surface area contributed by atoms with Gasteiger partial charge in [0.15, 0.2) is 10.1 Å². The summed E-state index contributed by atoms with van der Waals surface area (Å²) in [6.45, 7) is 5.88. The van der Waals surface area contributed by atoms with Crippen LogP contribution in [0.2, 0.25) is 0 Å². The second-order valence-electron chi connectivity index (χ2n) is 6.21. The molecule has 3 rings (SSSR count). The molecule has 0 radical (unpaired) electrons. The van der Waals surface area contributed by atoms with E-state index in [2.05, 4.69) is 10.3 Å². The molecule has 6 heteroatoms. The van der Waals surface area contributed by atoms with Crippen LogP contribution in [0.3, 0.4) is 0 Å². The molecule has 1 N–H and O–H groups in total. The normalized spacial score (nSPS) is 10.9. The van der Waals surface area contributed by atoms with E-state index in [0.29, 0.717) is 5.56 Å². The molecule has 2 aromatic carbocycles. The van der Waals surface area contributed by atoms with Gasteiger partial charge < -0.3 is 5.32 Å². The van der Waals surface area contributed by atoms with Gasteiger partial charge in [-0.1, -0.05) is 41.6 Å². The Morgan fingerprint density at radius 2 is 1.81 bits per heavy atom. The lowest BCUT2D eigenvalue weighted by Crippen LogP contribution is -2.31. The second-order valence-corrected chi connectivity index (χ2v) is 8.46. The smallest absolute Gasteiger partial charge is 0.230 e. The monoisotopic (exact) mass is 384 g/mol. The second kappa shape index (κ2) is 8.01. The van der Waals surface area contributed by atoms with Crippen molar-refractivity contribution in [1.29, 1.82) is 0 Å². The van der Waals surface area contributed by atoms with Gasteiger partial charge in [-0.25, -0.2) is 4.98 Å². The molecule has 0 fully saturated rings. The molecule has 1 amide bonds. The highest BCUT2D eigenvalue weighted by atomic mass is 32.2. The number of aryl methyl sites for hydroxylation is 3. The van der Waals surface area contributed by atoms with Crippen molar-refractivity contribution in [3.05, 3.63) is 58.7 Å². The standard InChI is InChI=1S/C20H20N2O2S2/c1-12-8-13(2)19(14(3)9-12)16(23)10-21-18(24)11-25-20-22-15-6-4-5-7-17(15)26-20/h4-9H,10-11H2,1-3H3,(H,21,24). The molecule has 0 bridgehead atoms. The van der Waals surface area contributed by atoms with E-state index in [4.69, 9.17) is 0 Å². The maximum Gasteiger partial charge on any atom is 0.230 e. The number of Topliss-reactive ketones (excluding diaryl/α,β-unsaturated/α-hetero) is 1. The highest BCUT2D eigenvalue weighted by molar-refractivity contribution is 8.01. The van der Waals surface area contributed by atoms with Crippen LogP contribution in [0.4, 0.5) is 0 Å². The lowest BCUT2D eigenvalue weighted by atomic mass is 9.96. The first kappa shape index (κ1) is 18.6. The molecule has 0 aliphatic heterocycles. The van der Waals surface area contributed by atoms with Gasteiger partial charge in [0.25, 0.3) is 0 Å². The zero-order valence-corrected chi connectivity index (χ0v) is 16.6. The number of rotatable bonds is 6. The van der Waals surface area contributed by atoms with E-state index in [1.807, 2.05) is 57.2 Å². The van der Waals surface area contributed by atoms with E-state index in [0.717, 1.165) is 31.2 Å². The number of nitrogens with zero attached hydrogens (tertiary/aromatic N) is 1. The van der Waals surface area contributed by atoms with Gasteiger partial charge in [-0.3, -0.25) is 9.59 Å². The maximum absolute atomic E-state index is 12.5. The summed E-state index contributed by atoms with van der Waals surface area (Å²) in [5.74, 6) is 0.0299. The quantitative estimate of drug-likeness (QED) is 0.508. The minimum absolute atomic E-state index is 0.0178.